The second-order valence-electron chi connectivity index (χ2n) is 5.73. The van der Waals surface area contributed by atoms with Crippen LogP contribution in [0.4, 0.5) is 11.4 Å². The first-order chi connectivity index (χ1) is 13.3. The highest BCUT2D eigenvalue weighted by Crippen LogP contribution is 2.34. The van der Waals surface area contributed by atoms with Crippen molar-refractivity contribution in [2.24, 2.45) is 0 Å². The lowest BCUT2D eigenvalue weighted by atomic mass is 10.0. The SMILES string of the molecule is O=C(O)c1ccc(N(c2cccc(-c3cc(Cl)cc(Cl)c3)c2)S(=O)[O-])cc1O. The fourth-order valence-electron chi connectivity index (χ4n) is 2.68. The van der Waals surface area contributed by atoms with E-state index in [9.17, 15) is 18.7 Å². The third-order valence-electron chi connectivity index (χ3n) is 3.87. The molecule has 0 saturated carbocycles. The Labute approximate surface area is 173 Å². The second-order valence-corrected chi connectivity index (χ2v) is 7.40. The Kier molecular flexibility index (Phi) is 5.90. The zero-order valence-corrected chi connectivity index (χ0v) is 16.3. The number of nitrogens with zero attached hydrogens (tertiary/aromatic N) is 1. The molecule has 0 saturated heterocycles. The maximum absolute atomic E-state index is 11.9. The Morgan fingerprint density at radius 1 is 0.929 bits per heavy atom. The van der Waals surface area contributed by atoms with Gasteiger partial charge in [-0.05, 0) is 53.6 Å². The largest absolute Gasteiger partial charge is 0.755 e. The summed E-state index contributed by atoms with van der Waals surface area (Å²) in [6.45, 7) is 0. The smallest absolute Gasteiger partial charge is 0.339 e. The lowest BCUT2D eigenvalue weighted by molar-refractivity contribution is 0.0694. The summed E-state index contributed by atoms with van der Waals surface area (Å²) >= 11 is 9.34. The molecule has 3 aromatic rings. The van der Waals surface area contributed by atoms with Crippen LogP contribution in [0.2, 0.25) is 10.0 Å². The van der Waals surface area contributed by atoms with E-state index in [1.165, 1.54) is 6.07 Å². The summed E-state index contributed by atoms with van der Waals surface area (Å²) in [4.78, 5) is 11.0. The number of carboxylic acids is 1. The van der Waals surface area contributed by atoms with Crippen LogP contribution in [0.3, 0.4) is 0 Å². The Balaban J connectivity index is 2.08. The van der Waals surface area contributed by atoms with E-state index >= 15 is 0 Å². The molecule has 0 aliphatic carbocycles. The van der Waals surface area contributed by atoms with Gasteiger partial charge in [-0.3, -0.25) is 8.51 Å². The molecule has 0 aliphatic heterocycles. The van der Waals surface area contributed by atoms with Crippen molar-refractivity contribution < 1.29 is 23.8 Å². The number of hydrogen-bond donors (Lipinski definition) is 2. The van der Waals surface area contributed by atoms with Crippen molar-refractivity contribution in [1.29, 1.82) is 0 Å². The van der Waals surface area contributed by atoms with E-state index in [-0.39, 0.29) is 16.9 Å². The van der Waals surface area contributed by atoms with Gasteiger partial charge in [0.2, 0.25) is 0 Å². The van der Waals surface area contributed by atoms with E-state index in [0.717, 1.165) is 16.4 Å². The molecule has 0 spiro atoms. The Morgan fingerprint density at radius 3 is 2.14 bits per heavy atom. The summed E-state index contributed by atoms with van der Waals surface area (Å²) < 4.78 is 24.7. The van der Waals surface area contributed by atoms with Crippen LogP contribution in [0.1, 0.15) is 10.4 Å². The molecular weight excluding hydrogens is 425 g/mol. The Bertz CT molecular complexity index is 1070. The minimum atomic E-state index is -2.73. The van der Waals surface area contributed by atoms with E-state index in [1.807, 2.05) is 0 Å². The maximum atomic E-state index is 11.9. The molecule has 2 N–H and O–H groups in total. The van der Waals surface area contributed by atoms with Gasteiger partial charge in [0.15, 0.2) is 0 Å². The second kappa shape index (κ2) is 8.20. The van der Waals surface area contributed by atoms with Crippen LogP contribution in [0.25, 0.3) is 11.1 Å². The van der Waals surface area contributed by atoms with Crippen molar-refractivity contribution in [3.05, 3.63) is 76.3 Å². The van der Waals surface area contributed by atoms with Crippen LogP contribution in [0.15, 0.2) is 60.7 Å². The van der Waals surface area contributed by atoms with Crippen molar-refractivity contribution in [3.8, 4) is 16.9 Å². The molecule has 0 fully saturated rings. The van der Waals surface area contributed by atoms with Crippen LogP contribution in [-0.2, 0) is 11.3 Å². The molecule has 0 aromatic heterocycles. The standard InChI is InChI=1S/C19H13Cl2NO5S/c20-13-6-12(7-14(21)9-13)11-2-1-3-15(8-11)22(28(26)27)16-4-5-17(19(24)25)18(23)10-16/h1-10,23H,(H,24,25)(H,26,27)/p-1. The van der Waals surface area contributed by atoms with Gasteiger partial charge < -0.3 is 14.8 Å². The molecular formula is C19H12Cl2NO5S-. The van der Waals surface area contributed by atoms with Crippen LogP contribution in [0, 0.1) is 0 Å². The molecule has 1 atom stereocenters. The molecule has 0 bridgehead atoms. The van der Waals surface area contributed by atoms with E-state index < -0.39 is 23.0 Å². The predicted octanol–water partition coefficient (Wildman–Crippen LogP) is 5.00. The maximum Gasteiger partial charge on any atom is 0.339 e. The van der Waals surface area contributed by atoms with E-state index in [4.69, 9.17) is 28.3 Å². The van der Waals surface area contributed by atoms with Gasteiger partial charge in [0.1, 0.15) is 11.3 Å². The topological polar surface area (TPSA) is 101 Å². The predicted molar refractivity (Wildman–Crippen MR) is 108 cm³/mol. The average Bonchev–Trinajstić information content (AvgIpc) is 2.61. The van der Waals surface area contributed by atoms with Gasteiger partial charge in [0.25, 0.3) is 0 Å². The highest BCUT2D eigenvalue weighted by atomic mass is 35.5. The summed E-state index contributed by atoms with van der Waals surface area (Å²) in [6, 6.07) is 15.1. The number of hydrogen-bond acceptors (Lipinski definition) is 4. The number of halogens is 2. The van der Waals surface area contributed by atoms with Crippen molar-refractivity contribution >= 4 is 51.8 Å². The van der Waals surface area contributed by atoms with Gasteiger partial charge in [-0.15, -0.1) is 0 Å². The first kappa shape index (κ1) is 20.2. The van der Waals surface area contributed by atoms with Crippen molar-refractivity contribution in [1.82, 2.24) is 0 Å². The molecule has 0 heterocycles. The zero-order valence-electron chi connectivity index (χ0n) is 14.0. The number of anilines is 2. The van der Waals surface area contributed by atoms with Gasteiger partial charge in [-0.25, -0.2) is 4.79 Å². The van der Waals surface area contributed by atoms with Gasteiger partial charge in [-0.1, -0.05) is 35.3 Å². The normalized spacial score (nSPS) is 11.8. The number of benzene rings is 3. The molecule has 0 aliphatic rings. The van der Waals surface area contributed by atoms with Crippen LogP contribution in [0.5, 0.6) is 5.75 Å². The monoisotopic (exact) mass is 436 g/mol. The fourth-order valence-corrected chi connectivity index (χ4v) is 3.78. The number of carboxylic acid groups (broad SMARTS) is 1. The van der Waals surface area contributed by atoms with Gasteiger partial charge >= 0.3 is 5.97 Å². The Hall–Kier alpha value is -2.58. The summed E-state index contributed by atoms with van der Waals surface area (Å²) in [6.07, 6.45) is 0. The third kappa shape index (κ3) is 4.28. The summed E-state index contributed by atoms with van der Waals surface area (Å²) in [7, 11) is 0. The quantitative estimate of drug-likeness (QED) is 0.548. The molecule has 3 rings (SSSR count). The molecule has 1 unspecified atom stereocenters. The summed E-state index contributed by atoms with van der Waals surface area (Å²) in [5, 5.41) is 19.8. The lowest BCUT2D eigenvalue weighted by Crippen LogP contribution is -2.19. The molecule has 6 nitrogen and oxygen atoms in total. The van der Waals surface area contributed by atoms with E-state index in [2.05, 4.69) is 0 Å². The first-order valence-corrected chi connectivity index (χ1v) is 9.57. The van der Waals surface area contributed by atoms with E-state index in [0.29, 0.717) is 21.2 Å². The number of carbonyl (C=O) groups is 1. The van der Waals surface area contributed by atoms with Crippen molar-refractivity contribution in [2.75, 3.05) is 4.31 Å². The van der Waals surface area contributed by atoms with Crippen molar-refractivity contribution in [2.45, 2.75) is 0 Å². The molecule has 0 radical (unpaired) electrons. The third-order valence-corrected chi connectivity index (χ3v) is 5.03. The highest BCUT2D eigenvalue weighted by Gasteiger charge is 2.16. The number of aromatic carboxylic acids is 1. The Morgan fingerprint density at radius 2 is 1.57 bits per heavy atom. The minimum Gasteiger partial charge on any atom is -0.755 e. The zero-order chi connectivity index (χ0) is 20.4. The summed E-state index contributed by atoms with van der Waals surface area (Å²) in [5.74, 6) is -1.86. The summed E-state index contributed by atoms with van der Waals surface area (Å²) in [5.41, 5.74) is 1.40. The molecule has 9 heteroatoms. The molecule has 3 aromatic carbocycles. The minimum absolute atomic E-state index is 0.0807. The van der Waals surface area contributed by atoms with Crippen LogP contribution < -0.4 is 4.31 Å². The first-order valence-electron chi connectivity index (χ1n) is 7.78. The van der Waals surface area contributed by atoms with Crippen molar-refractivity contribution in [3.63, 3.8) is 0 Å². The van der Waals surface area contributed by atoms with Crippen LogP contribution >= 0.6 is 23.2 Å². The molecule has 28 heavy (non-hydrogen) atoms. The lowest BCUT2D eigenvalue weighted by Gasteiger charge is -2.27. The molecule has 144 valence electrons. The van der Waals surface area contributed by atoms with Gasteiger partial charge in [0.05, 0.1) is 22.6 Å². The number of phenols is 1. The van der Waals surface area contributed by atoms with E-state index in [1.54, 1.807) is 42.5 Å². The van der Waals surface area contributed by atoms with Crippen LogP contribution in [-0.4, -0.2) is 24.9 Å². The molecule has 0 amide bonds. The number of rotatable bonds is 5. The van der Waals surface area contributed by atoms with Gasteiger partial charge in [-0.2, -0.15) is 0 Å². The highest BCUT2D eigenvalue weighted by molar-refractivity contribution is 7.81. The average molecular weight is 437 g/mol. The fraction of sp³-hybridized carbons (Fsp3) is 0. The number of aromatic hydroxyl groups is 1. The van der Waals surface area contributed by atoms with Gasteiger partial charge in [0, 0.05) is 16.1 Å².